The highest BCUT2D eigenvalue weighted by atomic mass is 16.5. The van der Waals surface area contributed by atoms with E-state index in [-0.39, 0.29) is 12.3 Å². The second kappa shape index (κ2) is 6.40. The van der Waals surface area contributed by atoms with Gasteiger partial charge in [-0.05, 0) is 31.0 Å². The number of pyridine rings is 1. The summed E-state index contributed by atoms with van der Waals surface area (Å²) in [6.07, 6.45) is 1.34. The zero-order valence-corrected chi connectivity index (χ0v) is 15.5. The molecule has 0 radical (unpaired) electrons. The maximum Gasteiger partial charge on any atom is 0.309 e. The minimum Gasteiger partial charge on any atom is -0.494 e. The van der Waals surface area contributed by atoms with E-state index < -0.39 is 17.4 Å². The lowest BCUT2D eigenvalue weighted by Gasteiger charge is -2.45. The van der Waals surface area contributed by atoms with Crippen LogP contribution >= 0.6 is 0 Å². The second-order valence-electron chi connectivity index (χ2n) is 7.34. The number of amides is 1. The van der Waals surface area contributed by atoms with Crippen molar-refractivity contribution in [2.75, 3.05) is 32.1 Å². The van der Waals surface area contributed by atoms with Crippen molar-refractivity contribution in [2.24, 2.45) is 5.92 Å². The van der Waals surface area contributed by atoms with Crippen molar-refractivity contribution in [3.63, 3.8) is 0 Å². The van der Waals surface area contributed by atoms with E-state index in [1.54, 1.807) is 19.1 Å². The van der Waals surface area contributed by atoms with Crippen molar-refractivity contribution in [3.05, 3.63) is 30.3 Å². The summed E-state index contributed by atoms with van der Waals surface area (Å²) in [6, 6.07) is 9.83. The molecule has 1 atom stereocenters. The molecule has 2 aliphatic heterocycles. The van der Waals surface area contributed by atoms with Crippen molar-refractivity contribution in [1.29, 1.82) is 0 Å². The molecule has 7 nitrogen and oxygen atoms in total. The zero-order chi connectivity index (χ0) is 19.2. The lowest BCUT2D eigenvalue weighted by Crippen LogP contribution is -2.56. The van der Waals surface area contributed by atoms with Gasteiger partial charge in [0.05, 0.1) is 18.6 Å². The van der Waals surface area contributed by atoms with Crippen LogP contribution in [0.15, 0.2) is 30.3 Å². The predicted octanol–water partition coefficient (Wildman–Crippen LogP) is 2.15. The Balaban J connectivity index is 1.60. The Hall–Kier alpha value is -2.83. The monoisotopic (exact) mass is 369 g/mol. The van der Waals surface area contributed by atoms with Crippen LogP contribution in [-0.2, 0) is 9.59 Å². The predicted molar refractivity (Wildman–Crippen MR) is 101 cm³/mol. The molecule has 0 bridgehead atoms. The number of nitrogens with zero attached hydrogens (tertiary/aromatic N) is 3. The fraction of sp³-hybridized carbons (Fsp3) is 0.450. The van der Waals surface area contributed by atoms with E-state index in [0.29, 0.717) is 25.9 Å². The quantitative estimate of drug-likeness (QED) is 0.893. The minimum atomic E-state index is -0.880. The van der Waals surface area contributed by atoms with Gasteiger partial charge in [0.15, 0.2) is 0 Å². The Kier molecular flexibility index (Phi) is 4.17. The fourth-order valence-corrected chi connectivity index (χ4v) is 4.56. The molecule has 0 aliphatic carbocycles. The Morgan fingerprint density at radius 3 is 2.67 bits per heavy atom. The average Bonchev–Trinajstić information content (AvgIpc) is 2.93. The number of hydrogen-bond acceptors (Lipinski definition) is 5. The highest BCUT2D eigenvalue weighted by Crippen LogP contribution is 2.43. The summed E-state index contributed by atoms with van der Waals surface area (Å²) in [5.41, 5.74) is 0.225. The molecule has 3 heterocycles. The Bertz CT molecular complexity index is 905. The highest BCUT2D eigenvalue weighted by Gasteiger charge is 2.55. The summed E-state index contributed by atoms with van der Waals surface area (Å²) in [4.78, 5) is 32.5. The van der Waals surface area contributed by atoms with Gasteiger partial charge in [-0.25, -0.2) is 4.98 Å². The van der Waals surface area contributed by atoms with Gasteiger partial charge in [0.1, 0.15) is 17.1 Å². The Labute approximate surface area is 157 Å². The van der Waals surface area contributed by atoms with Crippen LogP contribution in [0.25, 0.3) is 10.9 Å². The Morgan fingerprint density at radius 1 is 1.26 bits per heavy atom. The molecule has 1 aromatic heterocycles. The van der Waals surface area contributed by atoms with E-state index in [0.717, 1.165) is 22.5 Å². The number of aliphatic carboxylic acids is 1. The number of rotatable bonds is 3. The van der Waals surface area contributed by atoms with Crippen molar-refractivity contribution >= 4 is 28.6 Å². The number of benzene rings is 1. The molecular formula is C20H23N3O4. The van der Waals surface area contributed by atoms with Crippen molar-refractivity contribution in [3.8, 4) is 5.75 Å². The summed E-state index contributed by atoms with van der Waals surface area (Å²) in [7, 11) is 3.37. The van der Waals surface area contributed by atoms with Crippen LogP contribution in [-0.4, -0.2) is 59.7 Å². The molecule has 142 valence electrons. The van der Waals surface area contributed by atoms with Crippen molar-refractivity contribution < 1.29 is 19.4 Å². The number of hydrogen-bond donors (Lipinski definition) is 1. The van der Waals surface area contributed by atoms with E-state index in [2.05, 4.69) is 4.90 Å². The van der Waals surface area contributed by atoms with Gasteiger partial charge in [0.2, 0.25) is 5.91 Å². The third-order valence-electron chi connectivity index (χ3n) is 6.21. The molecule has 0 saturated carbocycles. The number of carboxylic acid groups (broad SMARTS) is 1. The van der Waals surface area contributed by atoms with E-state index >= 15 is 0 Å². The van der Waals surface area contributed by atoms with Gasteiger partial charge >= 0.3 is 5.97 Å². The van der Waals surface area contributed by atoms with E-state index in [1.807, 2.05) is 30.3 Å². The molecular weight excluding hydrogens is 346 g/mol. The molecule has 2 fully saturated rings. The van der Waals surface area contributed by atoms with E-state index in [9.17, 15) is 14.7 Å². The van der Waals surface area contributed by atoms with Gasteiger partial charge in [0.25, 0.3) is 0 Å². The van der Waals surface area contributed by atoms with Gasteiger partial charge in [-0.1, -0.05) is 12.1 Å². The number of carbonyl (C=O) groups excluding carboxylic acids is 1. The molecule has 1 amide bonds. The maximum absolute atomic E-state index is 12.2. The van der Waals surface area contributed by atoms with Crippen molar-refractivity contribution in [1.82, 2.24) is 9.88 Å². The lowest BCUT2D eigenvalue weighted by molar-refractivity contribution is -0.145. The van der Waals surface area contributed by atoms with Crippen LogP contribution < -0.4 is 9.64 Å². The third-order valence-corrected chi connectivity index (χ3v) is 6.21. The normalized spacial score (nSPS) is 21.9. The van der Waals surface area contributed by atoms with Crippen molar-refractivity contribution in [2.45, 2.75) is 24.8 Å². The van der Waals surface area contributed by atoms with Gasteiger partial charge in [-0.3, -0.25) is 9.59 Å². The largest absolute Gasteiger partial charge is 0.494 e. The first-order valence-corrected chi connectivity index (χ1v) is 9.14. The minimum absolute atomic E-state index is 0.0792. The fourth-order valence-electron chi connectivity index (χ4n) is 4.56. The number of anilines is 1. The number of carboxylic acids is 1. The second-order valence-corrected chi connectivity index (χ2v) is 7.34. The summed E-state index contributed by atoms with van der Waals surface area (Å²) >= 11 is 0. The molecule has 1 aromatic carbocycles. The van der Waals surface area contributed by atoms with Crippen LogP contribution in [0.5, 0.6) is 5.75 Å². The number of para-hydroxylation sites is 1. The molecule has 4 rings (SSSR count). The Morgan fingerprint density at radius 2 is 2.00 bits per heavy atom. The van der Waals surface area contributed by atoms with Crippen LogP contribution in [0, 0.1) is 5.92 Å². The number of fused-ring (bicyclic) bond motifs is 1. The standard InChI is InChI=1S/C20H23N3O4/c1-22-17(24)12-14(19(25)26)20(22)8-10-23(11-9-20)16-7-6-13-4-3-5-15(27-2)18(13)21-16/h3-7,14H,8-12H2,1-2H3,(H,25,26). The molecule has 7 heteroatoms. The number of piperidine rings is 1. The molecule has 2 aliphatic rings. The number of ether oxygens (including phenoxy) is 1. The summed E-state index contributed by atoms with van der Waals surface area (Å²) in [5.74, 6) is -0.0171. The van der Waals surface area contributed by atoms with Gasteiger partial charge in [-0.15, -0.1) is 0 Å². The number of methoxy groups -OCH3 is 1. The molecule has 1 spiro atoms. The molecule has 2 saturated heterocycles. The lowest BCUT2D eigenvalue weighted by atomic mass is 9.77. The first-order chi connectivity index (χ1) is 13.0. The first-order valence-electron chi connectivity index (χ1n) is 9.14. The van der Waals surface area contributed by atoms with Gasteiger partial charge in [-0.2, -0.15) is 0 Å². The number of aromatic nitrogens is 1. The molecule has 1 unspecified atom stereocenters. The number of likely N-dealkylation sites (tertiary alicyclic amines) is 1. The highest BCUT2D eigenvalue weighted by molar-refractivity contribution is 5.88. The van der Waals surface area contributed by atoms with Gasteiger partial charge in [0, 0.05) is 31.9 Å². The number of carbonyl (C=O) groups is 2. The van der Waals surface area contributed by atoms with Crippen LogP contribution in [0.1, 0.15) is 19.3 Å². The summed E-state index contributed by atoms with van der Waals surface area (Å²) < 4.78 is 5.42. The third kappa shape index (κ3) is 2.69. The van der Waals surface area contributed by atoms with E-state index in [4.69, 9.17) is 9.72 Å². The van der Waals surface area contributed by atoms with Crippen LogP contribution in [0.3, 0.4) is 0 Å². The first kappa shape index (κ1) is 17.6. The molecule has 2 aromatic rings. The van der Waals surface area contributed by atoms with Crippen LogP contribution in [0.4, 0.5) is 5.82 Å². The average molecular weight is 369 g/mol. The summed E-state index contributed by atoms with van der Waals surface area (Å²) in [6.45, 7) is 1.32. The molecule has 1 N–H and O–H groups in total. The zero-order valence-electron chi connectivity index (χ0n) is 15.5. The smallest absolute Gasteiger partial charge is 0.309 e. The topological polar surface area (TPSA) is 83.0 Å². The molecule has 27 heavy (non-hydrogen) atoms. The van der Waals surface area contributed by atoms with Crippen LogP contribution in [0.2, 0.25) is 0 Å². The van der Waals surface area contributed by atoms with E-state index in [1.165, 1.54) is 0 Å². The SMILES string of the molecule is COc1cccc2ccc(N3CCC4(CC3)C(C(=O)O)CC(=O)N4C)nc12. The summed E-state index contributed by atoms with van der Waals surface area (Å²) in [5, 5.41) is 10.6. The maximum atomic E-state index is 12.2. The van der Waals surface area contributed by atoms with Gasteiger partial charge < -0.3 is 19.6 Å².